The first-order valence-electron chi connectivity index (χ1n) is 6.51. The lowest BCUT2D eigenvalue weighted by Crippen LogP contribution is -2.37. The maximum Gasteiger partial charge on any atom is 0.252 e. The summed E-state index contributed by atoms with van der Waals surface area (Å²) in [4.78, 5) is 3.76. The number of halogens is 2. The number of aliphatic hydroxyl groups excluding tert-OH is 1. The lowest BCUT2D eigenvalue weighted by molar-refractivity contribution is 0.113. The van der Waals surface area contributed by atoms with Crippen LogP contribution in [0.5, 0.6) is 0 Å². The van der Waals surface area contributed by atoms with Gasteiger partial charge in [0.2, 0.25) is 10.0 Å². The predicted octanol–water partition coefficient (Wildman–Crippen LogP) is 1.15. The molecule has 1 rings (SSSR count). The number of hydrogen-bond donors (Lipinski definition) is 2. The van der Waals surface area contributed by atoms with Crippen molar-refractivity contribution in [2.45, 2.75) is 24.7 Å². The Balaban J connectivity index is 2.93. The maximum absolute atomic E-state index is 12.4. The fourth-order valence-corrected chi connectivity index (χ4v) is 2.97. The second kappa shape index (κ2) is 8.20. The first-order valence-corrected chi connectivity index (χ1v) is 7.95. The minimum absolute atomic E-state index is 0.182. The van der Waals surface area contributed by atoms with Gasteiger partial charge in [-0.2, -0.15) is 4.31 Å². The van der Waals surface area contributed by atoms with Crippen LogP contribution >= 0.6 is 0 Å². The van der Waals surface area contributed by atoms with Gasteiger partial charge >= 0.3 is 0 Å². The van der Waals surface area contributed by atoms with Gasteiger partial charge in [0.15, 0.2) is 0 Å². The number of sulfonamides is 1. The predicted molar refractivity (Wildman–Crippen MR) is 74.9 cm³/mol. The Morgan fingerprint density at radius 1 is 1.43 bits per heavy atom. The third kappa shape index (κ3) is 5.18. The summed E-state index contributed by atoms with van der Waals surface area (Å²) >= 11 is 0. The van der Waals surface area contributed by atoms with Crippen molar-refractivity contribution in [3.05, 3.63) is 18.3 Å². The average molecular weight is 323 g/mol. The summed E-state index contributed by atoms with van der Waals surface area (Å²) in [6.07, 6.45) is -0.811. The summed E-state index contributed by atoms with van der Waals surface area (Å²) in [5, 5.41) is 11.8. The van der Waals surface area contributed by atoms with Crippen molar-refractivity contribution in [1.29, 1.82) is 0 Å². The number of pyridine rings is 1. The van der Waals surface area contributed by atoms with Crippen LogP contribution in [0.2, 0.25) is 0 Å². The van der Waals surface area contributed by atoms with Crippen LogP contribution in [0.1, 0.15) is 13.3 Å². The van der Waals surface area contributed by atoms with E-state index in [2.05, 4.69) is 10.3 Å². The molecule has 1 aromatic rings. The Morgan fingerprint density at radius 2 is 2.14 bits per heavy atom. The van der Waals surface area contributed by atoms with E-state index < -0.39 is 29.6 Å². The highest BCUT2D eigenvalue weighted by Gasteiger charge is 2.27. The van der Waals surface area contributed by atoms with Crippen molar-refractivity contribution in [3.8, 4) is 0 Å². The molecule has 0 unspecified atom stereocenters. The molecule has 0 atom stereocenters. The molecule has 2 N–H and O–H groups in total. The Kier molecular flexibility index (Phi) is 6.93. The average Bonchev–Trinajstić information content (AvgIpc) is 2.44. The van der Waals surface area contributed by atoms with Gasteiger partial charge in [0, 0.05) is 19.3 Å². The summed E-state index contributed by atoms with van der Waals surface area (Å²) in [6, 6.07) is 2.78. The molecule has 1 aromatic heterocycles. The van der Waals surface area contributed by atoms with Crippen molar-refractivity contribution in [1.82, 2.24) is 9.29 Å². The van der Waals surface area contributed by atoms with Crippen molar-refractivity contribution in [2.24, 2.45) is 0 Å². The third-order valence-corrected chi connectivity index (χ3v) is 4.47. The number of hydrogen-bond acceptors (Lipinski definition) is 5. The number of alkyl halides is 2. The van der Waals surface area contributed by atoms with Crippen molar-refractivity contribution < 1.29 is 22.3 Å². The molecule has 9 heteroatoms. The zero-order valence-electron chi connectivity index (χ0n) is 11.7. The maximum atomic E-state index is 12.4. The summed E-state index contributed by atoms with van der Waals surface area (Å²) in [5.74, 6) is 0.512. The van der Waals surface area contributed by atoms with Gasteiger partial charge in [0.05, 0.1) is 13.2 Å². The van der Waals surface area contributed by atoms with Gasteiger partial charge in [-0.3, -0.25) is 0 Å². The van der Waals surface area contributed by atoms with Crippen molar-refractivity contribution in [2.75, 3.05) is 31.6 Å². The van der Waals surface area contributed by atoms with Gasteiger partial charge in [0.25, 0.3) is 6.43 Å². The lowest BCUT2D eigenvalue weighted by atomic mass is 10.4. The number of rotatable bonds is 9. The Hall–Kier alpha value is -1.32. The third-order valence-electron chi connectivity index (χ3n) is 2.62. The molecule has 0 fully saturated rings. The van der Waals surface area contributed by atoms with Crippen LogP contribution in [0.25, 0.3) is 0 Å². The second-order valence-electron chi connectivity index (χ2n) is 4.28. The van der Waals surface area contributed by atoms with E-state index in [1.807, 2.05) is 6.92 Å². The molecule has 21 heavy (non-hydrogen) atoms. The van der Waals surface area contributed by atoms with Gasteiger partial charge in [-0.1, -0.05) is 6.92 Å². The van der Waals surface area contributed by atoms with Gasteiger partial charge in [0.1, 0.15) is 10.7 Å². The molecule has 1 heterocycles. The van der Waals surface area contributed by atoms with E-state index in [4.69, 9.17) is 5.11 Å². The molecule has 0 radical (unpaired) electrons. The fraction of sp³-hybridized carbons (Fsp3) is 0.583. The molecule has 0 spiro atoms. The molecule has 0 aliphatic rings. The van der Waals surface area contributed by atoms with Gasteiger partial charge in [-0.05, 0) is 18.6 Å². The zero-order chi connectivity index (χ0) is 15.9. The van der Waals surface area contributed by atoms with E-state index in [9.17, 15) is 17.2 Å². The quantitative estimate of drug-likeness (QED) is 0.712. The number of aromatic nitrogens is 1. The van der Waals surface area contributed by atoms with Gasteiger partial charge in [-0.15, -0.1) is 0 Å². The zero-order valence-corrected chi connectivity index (χ0v) is 12.5. The van der Waals surface area contributed by atoms with E-state index in [0.29, 0.717) is 16.7 Å². The molecule has 6 nitrogen and oxygen atoms in total. The number of aliphatic hydroxyl groups is 1. The summed E-state index contributed by atoms with van der Waals surface area (Å²) in [6.45, 7) is 0.792. The van der Waals surface area contributed by atoms with Crippen LogP contribution in [-0.2, 0) is 10.0 Å². The summed E-state index contributed by atoms with van der Waals surface area (Å²) in [5.41, 5.74) is 0. The van der Waals surface area contributed by atoms with Crippen LogP contribution in [-0.4, -0.2) is 55.5 Å². The molecule has 0 bridgehead atoms. The Labute approximate surface area is 122 Å². The Morgan fingerprint density at radius 3 is 2.62 bits per heavy atom. The molecule has 0 saturated carbocycles. The minimum Gasteiger partial charge on any atom is -0.395 e. The molecule has 0 aliphatic heterocycles. The molecule has 0 amide bonds. The van der Waals surface area contributed by atoms with Gasteiger partial charge in [-0.25, -0.2) is 22.2 Å². The number of anilines is 1. The van der Waals surface area contributed by atoms with Crippen LogP contribution in [0.15, 0.2) is 23.2 Å². The standard InChI is InChI=1S/C12H19F2N3O3S/c1-2-5-15-12-4-3-10(8-16-12)21(19,20)17(6-7-18)9-11(13)14/h3-4,8,11,18H,2,5-7,9H2,1H3,(H,15,16). The molecular weight excluding hydrogens is 304 g/mol. The number of nitrogens with one attached hydrogen (secondary N) is 1. The first kappa shape index (κ1) is 17.7. The fourth-order valence-electron chi connectivity index (χ4n) is 1.61. The van der Waals surface area contributed by atoms with Crippen molar-refractivity contribution >= 4 is 15.8 Å². The van der Waals surface area contributed by atoms with E-state index in [1.165, 1.54) is 12.1 Å². The molecule has 0 saturated heterocycles. The highest BCUT2D eigenvalue weighted by atomic mass is 32.2. The summed E-state index contributed by atoms with van der Waals surface area (Å²) in [7, 11) is -4.09. The normalized spacial score (nSPS) is 12.1. The topological polar surface area (TPSA) is 82.5 Å². The smallest absolute Gasteiger partial charge is 0.252 e. The van der Waals surface area contributed by atoms with E-state index in [0.717, 1.165) is 12.6 Å². The monoisotopic (exact) mass is 323 g/mol. The van der Waals surface area contributed by atoms with Crippen LogP contribution in [0, 0.1) is 0 Å². The highest BCUT2D eigenvalue weighted by molar-refractivity contribution is 7.89. The van der Waals surface area contributed by atoms with Crippen LogP contribution < -0.4 is 5.32 Å². The SMILES string of the molecule is CCCNc1ccc(S(=O)(=O)N(CCO)CC(F)F)cn1. The molecule has 0 aliphatic carbocycles. The largest absolute Gasteiger partial charge is 0.395 e. The molecular formula is C12H19F2N3O3S. The van der Waals surface area contributed by atoms with Crippen molar-refractivity contribution in [3.63, 3.8) is 0 Å². The molecule has 0 aromatic carbocycles. The highest BCUT2D eigenvalue weighted by Crippen LogP contribution is 2.17. The summed E-state index contributed by atoms with van der Waals surface area (Å²) < 4.78 is 49.8. The van der Waals surface area contributed by atoms with E-state index in [1.54, 1.807) is 0 Å². The van der Waals surface area contributed by atoms with Gasteiger partial charge < -0.3 is 10.4 Å². The number of nitrogens with zero attached hydrogens (tertiary/aromatic N) is 2. The van der Waals surface area contributed by atoms with E-state index >= 15 is 0 Å². The molecule has 120 valence electrons. The lowest BCUT2D eigenvalue weighted by Gasteiger charge is -2.20. The van der Waals surface area contributed by atoms with E-state index in [-0.39, 0.29) is 11.4 Å². The first-order chi connectivity index (χ1) is 9.91. The second-order valence-corrected chi connectivity index (χ2v) is 6.22. The van der Waals surface area contributed by atoms with Crippen LogP contribution in [0.4, 0.5) is 14.6 Å². The minimum atomic E-state index is -4.09. The Bertz CT molecular complexity index is 523. The van der Waals surface area contributed by atoms with Crippen LogP contribution in [0.3, 0.4) is 0 Å².